The van der Waals surface area contributed by atoms with Gasteiger partial charge in [-0.3, -0.25) is 9.59 Å². The molecule has 5 heteroatoms. The summed E-state index contributed by atoms with van der Waals surface area (Å²) in [6.45, 7) is 4.11. The molecule has 178 valence electrons. The maximum absolute atomic E-state index is 13.7. The molecule has 2 aliphatic carbocycles. The van der Waals surface area contributed by atoms with Gasteiger partial charge in [0, 0.05) is 11.8 Å². The predicted molar refractivity (Wildman–Crippen MR) is 137 cm³/mol. The smallest absolute Gasteiger partial charge is 0.335 e. The van der Waals surface area contributed by atoms with Gasteiger partial charge < -0.3 is 5.11 Å². The fraction of sp³-hybridized carbons (Fsp3) is 0.194. The van der Waals surface area contributed by atoms with Crippen LogP contribution < -0.4 is 4.90 Å². The minimum absolute atomic E-state index is 0.0490. The van der Waals surface area contributed by atoms with Crippen LogP contribution in [0.2, 0.25) is 0 Å². The van der Waals surface area contributed by atoms with Gasteiger partial charge in [-0.1, -0.05) is 77.9 Å². The molecule has 0 radical (unpaired) electrons. The number of imide groups is 1. The highest BCUT2D eigenvalue weighted by molar-refractivity contribution is 6.23. The van der Waals surface area contributed by atoms with E-state index in [2.05, 4.69) is 74.5 Å². The molecule has 0 aromatic heterocycles. The number of carboxylic acids is 1. The Kier molecular flexibility index (Phi) is 5.04. The van der Waals surface area contributed by atoms with E-state index in [0.717, 1.165) is 22.3 Å². The number of benzene rings is 3. The van der Waals surface area contributed by atoms with Crippen molar-refractivity contribution in [3.8, 4) is 0 Å². The van der Waals surface area contributed by atoms with Crippen LogP contribution in [0.4, 0.5) is 5.69 Å². The van der Waals surface area contributed by atoms with Crippen molar-refractivity contribution < 1.29 is 19.5 Å². The zero-order valence-corrected chi connectivity index (χ0v) is 20.0. The van der Waals surface area contributed by atoms with Gasteiger partial charge in [-0.05, 0) is 54.3 Å². The SMILES string of the molecule is Cc1ccc(C(=C2C3C=CC2C2C(=O)N(c4cccc(C(=O)O)c4)C(=O)C32)c2ccc(C)cc2)cc1. The summed E-state index contributed by atoms with van der Waals surface area (Å²) in [6.07, 6.45) is 4.15. The van der Waals surface area contributed by atoms with E-state index in [1.54, 1.807) is 12.1 Å². The van der Waals surface area contributed by atoms with Crippen LogP contribution in [0.25, 0.3) is 5.57 Å². The van der Waals surface area contributed by atoms with Gasteiger partial charge >= 0.3 is 5.97 Å². The van der Waals surface area contributed by atoms with Crippen molar-refractivity contribution in [1.82, 2.24) is 0 Å². The number of aromatic carboxylic acids is 1. The molecule has 4 atom stereocenters. The number of fused-ring (bicyclic) bond motifs is 5. The second kappa shape index (κ2) is 8.16. The first-order valence-corrected chi connectivity index (χ1v) is 12.1. The fourth-order valence-corrected chi connectivity index (χ4v) is 6.07. The summed E-state index contributed by atoms with van der Waals surface area (Å²) < 4.78 is 0. The Balaban J connectivity index is 1.47. The molecule has 2 fully saturated rings. The summed E-state index contributed by atoms with van der Waals surface area (Å²) in [4.78, 5) is 40.1. The van der Waals surface area contributed by atoms with E-state index < -0.39 is 17.8 Å². The number of hydrogen-bond donors (Lipinski definition) is 1. The van der Waals surface area contributed by atoms with E-state index in [0.29, 0.717) is 5.69 Å². The van der Waals surface area contributed by atoms with Crippen LogP contribution in [0, 0.1) is 37.5 Å². The van der Waals surface area contributed by atoms with Crippen LogP contribution >= 0.6 is 0 Å². The van der Waals surface area contributed by atoms with Gasteiger partial charge in [-0.15, -0.1) is 0 Å². The van der Waals surface area contributed by atoms with Crippen molar-refractivity contribution in [2.45, 2.75) is 13.8 Å². The van der Waals surface area contributed by atoms with Crippen LogP contribution in [0.15, 0.2) is 90.5 Å². The molecule has 5 nitrogen and oxygen atoms in total. The average molecular weight is 476 g/mol. The minimum atomic E-state index is -1.09. The van der Waals surface area contributed by atoms with E-state index >= 15 is 0 Å². The van der Waals surface area contributed by atoms with E-state index in [4.69, 9.17) is 0 Å². The summed E-state index contributed by atoms with van der Waals surface area (Å²) in [5.74, 6) is -2.93. The van der Waals surface area contributed by atoms with Gasteiger partial charge in [0.2, 0.25) is 11.8 Å². The summed E-state index contributed by atoms with van der Waals surface area (Å²) in [7, 11) is 0. The van der Waals surface area contributed by atoms with Crippen molar-refractivity contribution in [1.29, 1.82) is 0 Å². The molecule has 1 N–H and O–H groups in total. The zero-order chi connectivity index (χ0) is 25.1. The molecule has 4 unspecified atom stereocenters. The number of hydrogen-bond acceptors (Lipinski definition) is 3. The highest BCUT2D eigenvalue weighted by atomic mass is 16.4. The molecular weight excluding hydrogens is 450 g/mol. The molecule has 3 aromatic carbocycles. The molecule has 36 heavy (non-hydrogen) atoms. The van der Waals surface area contributed by atoms with Crippen molar-refractivity contribution >= 4 is 29.0 Å². The summed E-state index contributed by atoms with van der Waals surface area (Å²) >= 11 is 0. The lowest BCUT2D eigenvalue weighted by molar-refractivity contribution is -0.122. The number of rotatable bonds is 4. The van der Waals surface area contributed by atoms with Gasteiger partial charge in [0.15, 0.2) is 0 Å². The number of allylic oxidation sites excluding steroid dienone is 3. The van der Waals surface area contributed by atoms with Crippen LogP contribution in [-0.2, 0) is 9.59 Å². The molecule has 1 saturated carbocycles. The van der Waals surface area contributed by atoms with Crippen molar-refractivity contribution in [2.75, 3.05) is 4.90 Å². The first-order valence-electron chi connectivity index (χ1n) is 12.1. The first-order chi connectivity index (χ1) is 17.3. The molecule has 3 aliphatic rings. The third kappa shape index (κ3) is 3.27. The van der Waals surface area contributed by atoms with E-state index in [-0.39, 0.29) is 29.2 Å². The lowest BCUT2D eigenvalue weighted by atomic mass is 9.85. The average Bonchev–Trinajstić information content (AvgIpc) is 3.50. The van der Waals surface area contributed by atoms with Crippen LogP contribution in [-0.4, -0.2) is 22.9 Å². The predicted octanol–water partition coefficient (Wildman–Crippen LogP) is 5.43. The molecule has 1 saturated heterocycles. The Morgan fingerprint density at radius 2 is 1.22 bits per heavy atom. The second-order valence-electron chi connectivity index (χ2n) is 9.92. The summed E-state index contributed by atoms with van der Waals surface area (Å²) in [5, 5.41) is 9.38. The monoisotopic (exact) mass is 475 g/mol. The molecule has 2 amide bonds. The van der Waals surface area contributed by atoms with Crippen LogP contribution in [0.3, 0.4) is 0 Å². The standard InChI is InChI=1S/C31H25NO4/c1-17-6-10-19(11-7-17)25(20-12-8-18(2)9-13-20)26-23-14-15-24(26)28-27(23)29(33)32(30(28)34)22-5-3-4-21(16-22)31(35)36/h3-16,23-24,27-28H,1-2H3,(H,35,36). The van der Waals surface area contributed by atoms with Crippen LogP contribution in [0.5, 0.6) is 0 Å². The molecular formula is C31H25NO4. The molecule has 1 aliphatic heterocycles. The molecule has 1 heterocycles. The Morgan fingerprint density at radius 3 is 1.69 bits per heavy atom. The maximum atomic E-state index is 13.7. The molecule has 3 aromatic rings. The van der Waals surface area contributed by atoms with Gasteiger partial charge in [-0.2, -0.15) is 0 Å². The lowest BCUT2D eigenvalue weighted by Gasteiger charge is -2.22. The number of carboxylic acid groups (broad SMARTS) is 1. The Bertz CT molecular complexity index is 1400. The van der Waals surface area contributed by atoms with Gasteiger partial charge in [-0.25, -0.2) is 9.69 Å². The molecule has 0 spiro atoms. The third-order valence-corrected chi connectivity index (χ3v) is 7.74. The third-order valence-electron chi connectivity index (χ3n) is 7.74. The highest BCUT2D eigenvalue weighted by Gasteiger charge is 2.62. The van der Waals surface area contributed by atoms with Crippen molar-refractivity contribution in [2.24, 2.45) is 23.7 Å². The number of amides is 2. The van der Waals surface area contributed by atoms with Gasteiger partial charge in [0.25, 0.3) is 0 Å². The Labute approximate surface area is 209 Å². The maximum Gasteiger partial charge on any atom is 0.335 e. The van der Waals surface area contributed by atoms with Gasteiger partial charge in [0.1, 0.15) is 0 Å². The van der Waals surface area contributed by atoms with E-state index in [9.17, 15) is 19.5 Å². The summed E-state index contributed by atoms with van der Waals surface area (Å²) in [6, 6.07) is 22.8. The highest BCUT2D eigenvalue weighted by Crippen LogP contribution is 2.58. The number of aryl methyl sites for hydroxylation is 2. The van der Waals surface area contributed by atoms with Crippen molar-refractivity contribution in [3.63, 3.8) is 0 Å². The quantitative estimate of drug-likeness (QED) is 0.404. The number of carbonyl (C=O) groups excluding carboxylic acids is 2. The number of nitrogens with zero attached hydrogens (tertiary/aromatic N) is 1. The number of anilines is 1. The lowest BCUT2D eigenvalue weighted by Crippen LogP contribution is -2.33. The normalized spacial score (nSPS) is 23.9. The second-order valence-corrected chi connectivity index (χ2v) is 9.92. The first kappa shape index (κ1) is 22.2. The van der Waals surface area contributed by atoms with E-state index in [1.807, 2.05) is 0 Å². The van der Waals surface area contributed by atoms with Gasteiger partial charge in [0.05, 0.1) is 23.1 Å². The van der Waals surface area contributed by atoms with E-state index in [1.165, 1.54) is 28.2 Å². The minimum Gasteiger partial charge on any atom is -0.478 e. The Hall–Kier alpha value is -4.25. The van der Waals surface area contributed by atoms with Crippen molar-refractivity contribution in [3.05, 3.63) is 118 Å². The largest absolute Gasteiger partial charge is 0.478 e. The van der Waals surface area contributed by atoms with Crippen LogP contribution in [0.1, 0.15) is 32.6 Å². The topological polar surface area (TPSA) is 74.7 Å². The summed E-state index contributed by atoms with van der Waals surface area (Å²) in [5.41, 5.74) is 7.06. The zero-order valence-electron chi connectivity index (χ0n) is 20.0. The molecule has 2 bridgehead atoms. The fourth-order valence-electron chi connectivity index (χ4n) is 6.07. The number of carbonyl (C=O) groups is 3. The Morgan fingerprint density at radius 1 is 0.722 bits per heavy atom. The molecule has 6 rings (SSSR count).